The van der Waals surface area contributed by atoms with Crippen LogP contribution in [0.2, 0.25) is 18.1 Å². The molecule has 0 saturated carbocycles. The molecule has 1 aliphatic rings. The van der Waals surface area contributed by atoms with E-state index in [-0.39, 0.29) is 6.10 Å². The van der Waals surface area contributed by atoms with Crippen molar-refractivity contribution in [2.45, 2.75) is 83.7 Å². The summed E-state index contributed by atoms with van der Waals surface area (Å²) in [5.74, 6) is 0.911. The molecule has 0 spiro atoms. The standard InChI is InChI=1S/C15H30O2Si/c1-6-10-11-12-14-15(16-14)13(5)17-18(7-2,8-3)9-4/h14-15H,5-12H2,1-4H3/t14-,15-/m1/s1. The summed E-state index contributed by atoms with van der Waals surface area (Å²) in [5, 5.41) is 0. The Hall–Kier alpha value is -0.283. The average molecular weight is 270 g/mol. The van der Waals surface area contributed by atoms with Crippen LogP contribution in [0.4, 0.5) is 0 Å². The summed E-state index contributed by atoms with van der Waals surface area (Å²) in [4.78, 5) is 0. The molecule has 0 aromatic rings. The van der Waals surface area contributed by atoms with Crippen LogP contribution in [0.25, 0.3) is 0 Å². The molecule has 1 rings (SSSR count). The third kappa shape index (κ3) is 4.13. The maximum Gasteiger partial charge on any atom is 0.250 e. The van der Waals surface area contributed by atoms with E-state index in [0.29, 0.717) is 6.10 Å². The van der Waals surface area contributed by atoms with Gasteiger partial charge in [0.2, 0.25) is 8.32 Å². The molecule has 1 aliphatic heterocycles. The molecule has 0 amide bonds. The van der Waals surface area contributed by atoms with Crippen molar-refractivity contribution in [1.29, 1.82) is 0 Å². The molecule has 3 heteroatoms. The van der Waals surface area contributed by atoms with Crippen molar-refractivity contribution in [2.24, 2.45) is 0 Å². The highest BCUT2D eigenvalue weighted by Gasteiger charge is 2.44. The second-order valence-electron chi connectivity index (χ2n) is 5.40. The van der Waals surface area contributed by atoms with Crippen molar-refractivity contribution >= 4 is 8.32 Å². The van der Waals surface area contributed by atoms with Crippen molar-refractivity contribution in [3.05, 3.63) is 12.3 Å². The van der Waals surface area contributed by atoms with Gasteiger partial charge in [-0.3, -0.25) is 0 Å². The van der Waals surface area contributed by atoms with Gasteiger partial charge in [-0.15, -0.1) is 0 Å². The van der Waals surface area contributed by atoms with Crippen molar-refractivity contribution in [2.75, 3.05) is 0 Å². The third-order valence-electron chi connectivity index (χ3n) is 4.27. The molecular weight excluding hydrogens is 240 g/mol. The molecule has 1 fully saturated rings. The second-order valence-corrected chi connectivity index (χ2v) is 10.1. The Morgan fingerprint density at radius 1 is 1.11 bits per heavy atom. The average Bonchev–Trinajstić information content (AvgIpc) is 3.16. The van der Waals surface area contributed by atoms with Gasteiger partial charge in [0.05, 0.1) is 6.10 Å². The summed E-state index contributed by atoms with van der Waals surface area (Å²) in [6, 6.07) is 3.52. The van der Waals surface area contributed by atoms with Crippen LogP contribution in [0.1, 0.15) is 53.4 Å². The first-order chi connectivity index (χ1) is 8.62. The molecule has 106 valence electrons. The van der Waals surface area contributed by atoms with Gasteiger partial charge in [0.25, 0.3) is 0 Å². The number of ether oxygens (including phenoxy) is 1. The van der Waals surface area contributed by atoms with E-state index in [0.717, 1.165) is 5.76 Å². The lowest BCUT2D eigenvalue weighted by molar-refractivity contribution is 0.316. The van der Waals surface area contributed by atoms with Crippen LogP contribution < -0.4 is 0 Å². The normalized spacial score (nSPS) is 22.9. The minimum absolute atomic E-state index is 0.193. The Labute approximate surface area is 114 Å². The zero-order valence-corrected chi connectivity index (χ0v) is 13.6. The zero-order valence-electron chi connectivity index (χ0n) is 12.6. The van der Waals surface area contributed by atoms with Gasteiger partial charge in [0.1, 0.15) is 11.9 Å². The van der Waals surface area contributed by atoms with Gasteiger partial charge in [0.15, 0.2) is 0 Å². The van der Waals surface area contributed by atoms with Gasteiger partial charge in [-0.05, 0) is 24.6 Å². The van der Waals surface area contributed by atoms with Gasteiger partial charge in [-0.1, -0.05) is 53.5 Å². The van der Waals surface area contributed by atoms with Gasteiger partial charge in [-0.25, -0.2) is 0 Å². The Morgan fingerprint density at radius 3 is 2.22 bits per heavy atom. The van der Waals surface area contributed by atoms with Crippen LogP contribution in [0.5, 0.6) is 0 Å². The molecule has 0 aromatic heterocycles. The Balaban J connectivity index is 2.34. The molecule has 18 heavy (non-hydrogen) atoms. The van der Waals surface area contributed by atoms with E-state index in [1.54, 1.807) is 0 Å². The molecular formula is C15H30O2Si. The topological polar surface area (TPSA) is 21.8 Å². The molecule has 2 nitrogen and oxygen atoms in total. The van der Waals surface area contributed by atoms with E-state index in [1.807, 2.05) is 0 Å². The fourth-order valence-corrected chi connectivity index (χ4v) is 5.15. The molecule has 1 saturated heterocycles. The lowest BCUT2D eigenvalue weighted by atomic mass is 10.1. The van der Waals surface area contributed by atoms with Crippen LogP contribution >= 0.6 is 0 Å². The summed E-state index contributed by atoms with van der Waals surface area (Å²) < 4.78 is 12.0. The molecule has 0 unspecified atom stereocenters. The van der Waals surface area contributed by atoms with E-state index in [1.165, 1.54) is 43.8 Å². The van der Waals surface area contributed by atoms with Crippen LogP contribution in [-0.4, -0.2) is 20.5 Å². The van der Waals surface area contributed by atoms with Crippen LogP contribution in [-0.2, 0) is 9.16 Å². The Bertz CT molecular complexity index is 253. The smallest absolute Gasteiger partial charge is 0.250 e. The first kappa shape index (κ1) is 15.8. The lowest BCUT2D eigenvalue weighted by Crippen LogP contribution is -2.36. The molecule has 0 radical (unpaired) electrons. The van der Waals surface area contributed by atoms with Crippen LogP contribution in [0, 0.1) is 0 Å². The highest BCUT2D eigenvalue weighted by atomic mass is 28.4. The first-order valence-corrected chi connectivity index (χ1v) is 10.2. The van der Waals surface area contributed by atoms with Crippen molar-refractivity contribution in [3.8, 4) is 0 Å². The molecule has 2 atom stereocenters. The Morgan fingerprint density at radius 2 is 1.72 bits per heavy atom. The summed E-state index contributed by atoms with van der Waals surface area (Å²) in [6.07, 6.45) is 5.59. The largest absolute Gasteiger partial charge is 0.545 e. The predicted molar refractivity (Wildman–Crippen MR) is 80.2 cm³/mol. The second kappa shape index (κ2) is 7.34. The fraction of sp³-hybridized carbons (Fsp3) is 0.867. The Kier molecular flexibility index (Phi) is 6.43. The SMILES string of the molecule is C=C(O[Si](CC)(CC)CC)[C@H]1O[C@@H]1CCCCC. The minimum Gasteiger partial charge on any atom is -0.545 e. The fourth-order valence-electron chi connectivity index (χ4n) is 2.54. The van der Waals surface area contributed by atoms with Crippen LogP contribution in [0.3, 0.4) is 0 Å². The molecule has 0 aliphatic carbocycles. The third-order valence-corrected chi connectivity index (χ3v) is 8.83. The van der Waals surface area contributed by atoms with Gasteiger partial charge in [0, 0.05) is 0 Å². The van der Waals surface area contributed by atoms with E-state index < -0.39 is 8.32 Å². The first-order valence-electron chi connectivity index (χ1n) is 7.65. The van der Waals surface area contributed by atoms with E-state index in [9.17, 15) is 0 Å². The van der Waals surface area contributed by atoms with Crippen molar-refractivity contribution < 1.29 is 9.16 Å². The van der Waals surface area contributed by atoms with Gasteiger partial charge < -0.3 is 9.16 Å². The number of rotatable bonds is 10. The molecule has 0 N–H and O–H groups in total. The molecule has 1 heterocycles. The van der Waals surface area contributed by atoms with Crippen LogP contribution in [0.15, 0.2) is 12.3 Å². The predicted octanol–water partition coefficient (Wildman–Crippen LogP) is 4.87. The lowest BCUT2D eigenvalue weighted by Gasteiger charge is -2.29. The summed E-state index contributed by atoms with van der Waals surface area (Å²) in [7, 11) is -1.55. The summed E-state index contributed by atoms with van der Waals surface area (Å²) in [6.45, 7) is 13.1. The number of unbranched alkanes of at least 4 members (excludes halogenated alkanes) is 2. The van der Waals surface area contributed by atoms with Crippen molar-refractivity contribution in [1.82, 2.24) is 0 Å². The number of epoxide rings is 1. The highest BCUT2D eigenvalue weighted by Crippen LogP contribution is 2.36. The van der Waals surface area contributed by atoms with E-state index >= 15 is 0 Å². The monoisotopic (exact) mass is 270 g/mol. The summed E-state index contributed by atoms with van der Waals surface area (Å²) >= 11 is 0. The number of hydrogen-bond acceptors (Lipinski definition) is 2. The maximum absolute atomic E-state index is 6.27. The van der Waals surface area contributed by atoms with E-state index in [4.69, 9.17) is 9.16 Å². The molecule has 0 aromatic carbocycles. The maximum atomic E-state index is 6.27. The zero-order chi connectivity index (χ0) is 13.6. The van der Waals surface area contributed by atoms with Crippen molar-refractivity contribution in [3.63, 3.8) is 0 Å². The quantitative estimate of drug-likeness (QED) is 0.244. The molecule has 0 bridgehead atoms. The highest BCUT2D eigenvalue weighted by molar-refractivity contribution is 6.73. The number of hydrogen-bond donors (Lipinski definition) is 0. The van der Waals surface area contributed by atoms with E-state index in [2.05, 4.69) is 34.3 Å². The van der Waals surface area contributed by atoms with Gasteiger partial charge in [-0.2, -0.15) is 0 Å². The van der Waals surface area contributed by atoms with Gasteiger partial charge >= 0.3 is 0 Å². The summed E-state index contributed by atoms with van der Waals surface area (Å²) in [5.41, 5.74) is 0. The minimum atomic E-state index is -1.55.